The topological polar surface area (TPSA) is 9.23 Å². The molecule has 3 heteroatoms. The van der Waals surface area contributed by atoms with Gasteiger partial charge in [-0.3, -0.25) is 0 Å². The highest BCUT2D eigenvalue weighted by atomic mass is 79.9. The van der Waals surface area contributed by atoms with E-state index >= 15 is 0 Å². The van der Waals surface area contributed by atoms with E-state index in [9.17, 15) is 0 Å². The van der Waals surface area contributed by atoms with Crippen LogP contribution in [0.2, 0.25) is 0 Å². The molecule has 0 heterocycles. The van der Waals surface area contributed by atoms with E-state index in [4.69, 9.17) is 4.74 Å². The van der Waals surface area contributed by atoms with Crippen LogP contribution < -0.4 is 0 Å². The van der Waals surface area contributed by atoms with Gasteiger partial charge in [-0.05, 0) is 29.9 Å². The van der Waals surface area contributed by atoms with Crippen LogP contribution in [0.15, 0.2) is 28.7 Å². The standard InChI is InChI=1S/C13H18Br2O/c1-10(7-8-16-2)12(9-14)11-5-3-4-6-13(11)15/h3-6,10,12H,7-9H2,1-2H3. The maximum Gasteiger partial charge on any atom is 0.0465 e. The van der Waals surface area contributed by atoms with Gasteiger partial charge in [-0.1, -0.05) is 57.0 Å². The lowest BCUT2D eigenvalue weighted by Crippen LogP contribution is -2.14. The molecule has 1 rings (SSSR count). The van der Waals surface area contributed by atoms with Crippen LogP contribution in [0.3, 0.4) is 0 Å². The summed E-state index contributed by atoms with van der Waals surface area (Å²) in [6.07, 6.45) is 1.09. The van der Waals surface area contributed by atoms with E-state index in [2.05, 4.69) is 63.0 Å². The zero-order valence-corrected chi connectivity index (χ0v) is 12.9. The molecule has 1 nitrogen and oxygen atoms in total. The van der Waals surface area contributed by atoms with Crippen molar-refractivity contribution in [3.05, 3.63) is 34.3 Å². The van der Waals surface area contributed by atoms with Gasteiger partial charge in [-0.25, -0.2) is 0 Å². The summed E-state index contributed by atoms with van der Waals surface area (Å²) in [6, 6.07) is 8.45. The summed E-state index contributed by atoms with van der Waals surface area (Å²) in [6.45, 7) is 3.11. The summed E-state index contributed by atoms with van der Waals surface area (Å²) < 4.78 is 6.34. The van der Waals surface area contributed by atoms with E-state index in [1.54, 1.807) is 7.11 Å². The molecule has 0 aromatic heterocycles. The molecule has 90 valence electrons. The third-order valence-electron chi connectivity index (χ3n) is 2.94. The Morgan fingerprint density at radius 3 is 2.56 bits per heavy atom. The van der Waals surface area contributed by atoms with Crippen molar-refractivity contribution in [1.29, 1.82) is 0 Å². The number of ether oxygens (including phenoxy) is 1. The first kappa shape index (κ1) is 14.2. The molecule has 0 bridgehead atoms. The lowest BCUT2D eigenvalue weighted by atomic mass is 9.87. The number of halogens is 2. The van der Waals surface area contributed by atoms with Crippen molar-refractivity contribution >= 4 is 31.9 Å². The Bertz CT molecular complexity index is 315. The molecule has 0 saturated carbocycles. The molecule has 0 saturated heterocycles. The van der Waals surface area contributed by atoms with Crippen LogP contribution in [-0.2, 0) is 4.74 Å². The number of rotatable bonds is 6. The van der Waals surface area contributed by atoms with Crippen LogP contribution in [0.1, 0.15) is 24.8 Å². The van der Waals surface area contributed by atoms with E-state index in [0.29, 0.717) is 11.8 Å². The van der Waals surface area contributed by atoms with Crippen LogP contribution in [0.5, 0.6) is 0 Å². The molecule has 1 aromatic carbocycles. The fraction of sp³-hybridized carbons (Fsp3) is 0.538. The highest BCUT2D eigenvalue weighted by Gasteiger charge is 2.19. The Labute approximate surface area is 115 Å². The Kier molecular flexibility index (Phi) is 6.62. The highest BCUT2D eigenvalue weighted by Crippen LogP contribution is 2.33. The van der Waals surface area contributed by atoms with E-state index in [-0.39, 0.29) is 0 Å². The molecule has 2 atom stereocenters. The normalized spacial score (nSPS) is 14.8. The van der Waals surface area contributed by atoms with E-state index in [1.165, 1.54) is 10.0 Å². The predicted octanol–water partition coefficient (Wildman–Crippen LogP) is 4.60. The second kappa shape index (κ2) is 7.46. The van der Waals surface area contributed by atoms with Crippen LogP contribution in [0.25, 0.3) is 0 Å². The summed E-state index contributed by atoms with van der Waals surface area (Å²) in [5.74, 6) is 1.14. The maximum absolute atomic E-state index is 5.15. The Balaban J connectivity index is 2.77. The van der Waals surface area contributed by atoms with Gasteiger partial charge in [0.2, 0.25) is 0 Å². The summed E-state index contributed by atoms with van der Waals surface area (Å²) in [5, 5.41) is 0.987. The van der Waals surface area contributed by atoms with Crippen LogP contribution in [0, 0.1) is 5.92 Å². The van der Waals surface area contributed by atoms with Crippen molar-refractivity contribution in [2.24, 2.45) is 5.92 Å². The molecular formula is C13H18Br2O. The SMILES string of the molecule is COCCC(C)C(CBr)c1ccccc1Br. The fourth-order valence-corrected chi connectivity index (χ4v) is 3.39. The highest BCUT2D eigenvalue weighted by molar-refractivity contribution is 9.10. The third-order valence-corrected chi connectivity index (χ3v) is 4.35. The molecule has 0 spiro atoms. The molecule has 0 aliphatic carbocycles. The van der Waals surface area contributed by atoms with Gasteiger partial charge in [0.1, 0.15) is 0 Å². The molecule has 2 unspecified atom stereocenters. The molecule has 1 aromatic rings. The van der Waals surface area contributed by atoms with E-state index in [1.807, 2.05) is 0 Å². The van der Waals surface area contributed by atoms with Crippen molar-refractivity contribution < 1.29 is 4.74 Å². The first-order chi connectivity index (χ1) is 7.70. The average Bonchev–Trinajstić information content (AvgIpc) is 2.30. The summed E-state index contributed by atoms with van der Waals surface area (Å²) >= 11 is 7.24. The first-order valence-electron chi connectivity index (χ1n) is 5.50. The molecule has 0 N–H and O–H groups in total. The largest absolute Gasteiger partial charge is 0.385 e. The molecular weight excluding hydrogens is 332 g/mol. The van der Waals surface area contributed by atoms with Crippen molar-refractivity contribution in [3.63, 3.8) is 0 Å². The van der Waals surface area contributed by atoms with Gasteiger partial charge in [0.25, 0.3) is 0 Å². The summed E-state index contributed by atoms with van der Waals surface area (Å²) in [4.78, 5) is 0. The average molecular weight is 350 g/mol. The number of alkyl halides is 1. The lowest BCUT2D eigenvalue weighted by Gasteiger charge is -2.23. The number of methoxy groups -OCH3 is 1. The van der Waals surface area contributed by atoms with Crippen molar-refractivity contribution in [2.75, 3.05) is 19.0 Å². The molecule has 0 aliphatic rings. The molecule has 0 aliphatic heterocycles. The second-order valence-electron chi connectivity index (χ2n) is 4.04. The number of hydrogen-bond acceptors (Lipinski definition) is 1. The first-order valence-corrected chi connectivity index (χ1v) is 7.41. The van der Waals surface area contributed by atoms with Crippen LogP contribution in [-0.4, -0.2) is 19.0 Å². The van der Waals surface area contributed by atoms with Crippen molar-refractivity contribution in [1.82, 2.24) is 0 Å². The third kappa shape index (κ3) is 3.86. The quantitative estimate of drug-likeness (QED) is 0.682. The van der Waals surface area contributed by atoms with Crippen molar-refractivity contribution in [2.45, 2.75) is 19.3 Å². The van der Waals surface area contributed by atoms with E-state index < -0.39 is 0 Å². The molecule has 0 amide bonds. The Morgan fingerprint density at radius 1 is 1.31 bits per heavy atom. The maximum atomic E-state index is 5.15. The molecule has 0 radical (unpaired) electrons. The minimum atomic E-state index is 0.533. The fourth-order valence-electron chi connectivity index (χ4n) is 1.82. The lowest BCUT2D eigenvalue weighted by molar-refractivity contribution is 0.176. The zero-order valence-electron chi connectivity index (χ0n) is 9.75. The predicted molar refractivity (Wildman–Crippen MR) is 76.3 cm³/mol. The van der Waals surface area contributed by atoms with Gasteiger partial charge in [-0.2, -0.15) is 0 Å². The van der Waals surface area contributed by atoms with Gasteiger partial charge in [0.15, 0.2) is 0 Å². The van der Waals surface area contributed by atoms with Gasteiger partial charge in [-0.15, -0.1) is 0 Å². The molecule has 16 heavy (non-hydrogen) atoms. The minimum absolute atomic E-state index is 0.533. The summed E-state index contributed by atoms with van der Waals surface area (Å²) in [7, 11) is 1.76. The van der Waals surface area contributed by atoms with Gasteiger partial charge >= 0.3 is 0 Å². The second-order valence-corrected chi connectivity index (χ2v) is 5.54. The van der Waals surface area contributed by atoms with Gasteiger partial charge < -0.3 is 4.74 Å². The van der Waals surface area contributed by atoms with Gasteiger partial charge in [0, 0.05) is 23.5 Å². The van der Waals surface area contributed by atoms with E-state index in [0.717, 1.165) is 18.4 Å². The Morgan fingerprint density at radius 2 is 2.00 bits per heavy atom. The summed E-state index contributed by atoms with van der Waals surface area (Å²) in [5.41, 5.74) is 1.38. The number of hydrogen-bond donors (Lipinski definition) is 0. The van der Waals surface area contributed by atoms with Crippen LogP contribution in [0.4, 0.5) is 0 Å². The molecule has 0 fully saturated rings. The number of benzene rings is 1. The van der Waals surface area contributed by atoms with Crippen molar-refractivity contribution in [3.8, 4) is 0 Å². The van der Waals surface area contributed by atoms with Gasteiger partial charge in [0.05, 0.1) is 0 Å². The monoisotopic (exact) mass is 348 g/mol. The Hall–Kier alpha value is 0.140. The smallest absolute Gasteiger partial charge is 0.0465 e. The zero-order chi connectivity index (χ0) is 12.0. The van der Waals surface area contributed by atoms with Crippen LogP contribution >= 0.6 is 31.9 Å². The minimum Gasteiger partial charge on any atom is -0.385 e.